The number of fused-ring (bicyclic) bond motifs is 1. The molecule has 174 valence electrons. The van der Waals surface area contributed by atoms with E-state index in [-0.39, 0.29) is 18.9 Å². The summed E-state index contributed by atoms with van der Waals surface area (Å²) in [4.78, 5) is 37.7. The van der Waals surface area contributed by atoms with Gasteiger partial charge in [0.05, 0.1) is 12.7 Å². The molecule has 0 aromatic heterocycles. The predicted octanol–water partition coefficient (Wildman–Crippen LogP) is 3.82. The van der Waals surface area contributed by atoms with Crippen molar-refractivity contribution in [2.24, 2.45) is 0 Å². The highest BCUT2D eigenvalue weighted by atomic mass is 16.6. The average Bonchev–Trinajstić information content (AvgIpc) is 2.83. The fourth-order valence-corrected chi connectivity index (χ4v) is 3.68. The van der Waals surface area contributed by atoms with Crippen molar-refractivity contribution < 1.29 is 28.6 Å². The number of rotatable bonds is 7. The van der Waals surface area contributed by atoms with Gasteiger partial charge in [-0.25, -0.2) is 4.79 Å². The number of carbonyl (C=O) groups is 3. The summed E-state index contributed by atoms with van der Waals surface area (Å²) < 4.78 is 16.2. The van der Waals surface area contributed by atoms with Crippen molar-refractivity contribution in [3.63, 3.8) is 0 Å². The Balaban J connectivity index is 1.38. The molecule has 0 radical (unpaired) electrons. The van der Waals surface area contributed by atoms with Crippen LogP contribution in [0.25, 0.3) is 0 Å². The lowest BCUT2D eigenvalue weighted by Crippen LogP contribution is -2.48. The minimum absolute atomic E-state index is 0.218. The highest BCUT2D eigenvalue weighted by Crippen LogP contribution is 2.30. The van der Waals surface area contributed by atoms with Gasteiger partial charge >= 0.3 is 5.97 Å². The second-order valence-corrected chi connectivity index (χ2v) is 7.98. The number of amides is 2. The first-order chi connectivity index (χ1) is 16.4. The standard InChI is InChI=1S/C26H24N2O6/c1-26(15-17-8-3-4-11-20(17)24(30)34-26)25(31)28-19-10-7-9-18(14-19)27-23(29)16-33-22-13-6-5-12-21(22)32-2/h3-14H,15-16H2,1-2H3,(H,27,29)(H,28,31). The third-order valence-corrected chi connectivity index (χ3v) is 5.40. The van der Waals surface area contributed by atoms with Crippen molar-refractivity contribution in [3.8, 4) is 11.5 Å². The average molecular weight is 460 g/mol. The van der Waals surface area contributed by atoms with E-state index in [1.54, 1.807) is 67.6 Å². The quantitative estimate of drug-likeness (QED) is 0.520. The molecule has 0 bridgehead atoms. The van der Waals surface area contributed by atoms with Gasteiger partial charge in [0, 0.05) is 17.8 Å². The Hall–Kier alpha value is -4.33. The number of ether oxygens (including phenoxy) is 3. The number of methoxy groups -OCH3 is 1. The molecule has 8 heteroatoms. The van der Waals surface area contributed by atoms with E-state index in [1.165, 1.54) is 7.11 Å². The number of carbonyl (C=O) groups excluding carboxylic acids is 3. The lowest BCUT2D eigenvalue weighted by molar-refractivity contribution is -0.134. The fourth-order valence-electron chi connectivity index (χ4n) is 3.68. The molecule has 8 nitrogen and oxygen atoms in total. The normalized spacial score (nSPS) is 16.6. The molecule has 1 heterocycles. The van der Waals surface area contributed by atoms with Crippen LogP contribution in [0.15, 0.2) is 72.8 Å². The summed E-state index contributed by atoms with van der Waals surface area (Å²) >= 11 is 0. The summed E-state index contributed by atoms with van der Waals surface area (Å²) in [6, 6.07) is 20.8. The molecule has 4 rings (SSSR count). The first kappa shape index (κ1) is 22.8. The molecular formula is C26H24N2O6. The maximum absolute atomic E-state index is 13.0. The second-order valence-electron chi connectivity index (χ2n) is 7.98. The zero-order chi connectivity index (χ0) is 24.1. The molecule has 2 amide bonds. The van der Waals surface area contributed by atoms with Crippen LogP contribution >= 0.6 is 0 Å². The van der Waals surface area contributed by atoms with Crippen molar-refractivity contribution in [2.75, 3.05) is 24.4 Å². The molecule has 2 N–H and O–H groups in total. The van der Waals surface area contributed by atoms with Crippen LogP contribution in [0.2, 0.25) is 0 Å². The van der Waals surface area contributed by atoms with Crippen LogP contribution in [0.3, 0.4) is 0 Å². The minimum Gasteiger partial charge on any atom is -0.493 e. The number of nitrogens with one attached hydrogen (secondary N) is 2. The second kappa shape index (κ2) is 9.66. The predicted molar refractivity (Wildman–Crippen MR) is 126 cm³/mol. The summed E-state index contributed by atoms with van der Waals surface area (Å²) in [7, 11) is 1.52. The number of hydrogen-bond donors (Lipinski definition) is 2. The third kappa shape index (κ3) is 5.01. The van der Waals surface area contributed by atoms with E-state index < -0.39 is 17.5 Å². The first-order valence-corrected chi connectivity index (χ1v) is 10.7. The van der Waals surface area contributed by atoms with E-state index in [1.807, 2.05) is 12.1 Å². The van der Waals surface area contributed by atoms with Gasteiger partial charge in [-0.05, 0) is 48.9 Å². The van der Waals surface area contributed by atoms with E-state index in [0.717, 1.165) is 5.56 Å². The molecule has 1 aliphatic rings. The van der Waals surface area contributed by atoms with Gasteiger partial charge in [0.1, 0.15) is 0 Å². The molecular weight excluding hydrogens is 436 g/mol. The van der Waals surface area contributed by atoms with Crippen molar-refractivity contribution >= 4 is 29.2 Å². The molecule has 1 unspecified atom stereocenters. The van der Waals surface area contributed by atoms with Crippen LogP contribution in [0.1, 0.15) is 22.8 Å². The molecule has 0 saturated carbocycles. The fraction of sp³-hybridized carbons (Fsp3) is 0.192. The van der Waals surface area contributed by atoms with Gasteiger partial charge in [0.2, 0.25) is 0 Å². The maximum atomic E-state index is 13.0. The van der Waals surface area contributed by atoms with Crippen LogP contribution in [0.5, 0.6) is 11.5 Å². The van der Waals surface area contributed by atoms with Crippen molar-refractivity contribution in [1.82, 2.24) is 0 Å². The largest absolute Gasteiger partial charge is 0.493 e. The summed E-state index contributed by atoms with van der Waals surface area (Å²) in [5, 5.41) is 5.51. The van der Waals surface area contributed by atoms with Gasteiger partial charge in [-0.1, -0.05) is 36.4 Å². The summed E-state index contributed by atoms with van der Waals surface area (Å²) in [6.45, 7) is 1.36. The molecule has 0 fully saturated rings. The van der Waals surface area contributed by atoms with Crippen LogP contribution in [0, 0.1) is 0 Å². The Labute approximate surface area is 196 Å². The van der Waals surface area contributed by atoms with E-state index >= 15 is 0 Å². The van der Waals surface area contributed by atoms with Crippen molar-refractivity contribution in [2.45, 2.75) is 18.9 Å². The smallest absolute Gasteiger partial charge is 0.339 e. The first-order valence-electron chi connectivity index (χ1n) is 10.7. The summed E-state index contributed by atoms with van der Waals surface area (Å²) in [5.74, 6) is -0.384. The Kier molecular flexibility index (Phi) is 6.49. The number of hydrogen-bond acceptors (Lipinski definition) is 6. The van der Waals surface area contributed by atoms with Crippen LogP contribution < -0.4 is 20.1 Å². The van der Waals surface area contributed by atoms with Crippen LogP contribution in [-0.2, 0) is 20.7 Å². The van der Waals surface area contributed by atoms with E-state index in [9.17, 15) is 14.4 Å². The molecule has 0 aliphatic carbocycles. The summed E-state index contributed by atoms with van der Waals surface area (Å²) in [6.07, 6.45) is 0.261. The number of cyclic esters (lactones) is 1. The lowest BCUT2D eigenvalue weighted by atomic mass is 9.89. The van der Waals surface area contributed by atoms with Crippen molar-refractivity contribution in [3.05, 3.63) is 83.9 Å². The number of anilines is 2. The maximum Gasteiger partial charge on any atom is 0.339 e. The third-order valence-electron chi connectivity index (χ3n) is 5.40. The lowest BCUT2D eigenvalue weighted by Gasteiger charge is -2.33. The SMILES string of the molecule is COc1ccccc1OCC(=O)Nc1cccc(NC(=O)C2(C)Cc3ccccc3C(=O)O2)c1. The molecule has 1 aliphatic heterocycles. The molecule has 1 atom stereocenters. The Morgan fingerprint density at radius 3 is 2.38 bits per heavy atom. The Morgan fingerprint density at radius 1 is 0.941 bits per heavy atom. The number of benzene rings is 3. The van der Waals surface area contributed by atoms with E-state index in [4.69, 9.17) is 14.2 Å². The topological polar surface area (TPSA) is 103 Å². The molecule has 3 aromatic carbocycles. The molecule has 3 aromatic rings. The van der Waals surface area contributed by atoms with Gasteiger partial charge < -0.3 is 24.8 Å². The number of para-hydroxylation sites is 2. The zero-order valence-electron chi connectivity index (χ0n) is 18.8. The van der Waals surface area contributed by atoms with Crippen LogP contribution in [-0.4, -0.2) is 37.1 Å². The van der Waals surface area contributed by atoms with E-state index in [2.05, 4.69) is 10.6 Å². The Morgan fingerprint density at radius 2 is 1.62 bits per heavy atom. The van der Waals surface area contributed by atoms with Gasteiger partial charge in [-0.2, -0.15) is 0 Å². The number of esters is 1. The van der Waals surface area contributed by atoms with Gasteiger partial charge in [-0.15, -0.1) is 0 Å². The zero-order valence-corrected chi connectivity index (χ0v) is 18.8. The highest BCUT2D eigenvalue weighted by molar-refractivity contribution is 6.03. The monoisotopic (exact) mass is 460 g/mol. The van der Waals surface area contributed by atoms with Gasteiger partial charge in [0.15, 0.2) is 23.7 Å². The molecule has 0 spiro atoms. The Bertz CT molecular complexity index is 1240. The van der Waals surface area contributed by atoms with E-state index in [0.29, 0.717) is 28.4 Å². The summed E-state index contributed by atoms with van der Waals surface area (Å²) in [5.41, 5.74) is 0.792. The van der Waals surface area contributed by atoms with Gasteiger partial charge in [-0.3, -0.25) is 9.59 Å². The molecule has 34 heavy (non-hydrogen) atoms. The van der Waals surface area contributed by atoms with Gasteiger partial charge in [0.25, 0.3) is 11.8 Å². The van der Waals surface area contributed by atoms with Crippen molar-refractivity contribution in [1.29, 1.82) is 0 Å². The minimum atomic E-state index is -1.35. The molecule has 0 saturated heterocycles. The highest BCUT2D eigenvalue weighted by Gasteiger charge is 2.42. The van der Waals surface area contributed by atoms with Crippen LogP contribution in [0.4, 0.5) is 11.4 Å².